The fourth-order valence-electron chi connectivity index (χ4n) is 4.04. The van der Waals surface area contributed by atoms with Gasteiger partial charge in [-0.2, -0.15) is 0 Å². The molecule has 0 heterocycles. The summed E-state index contributed by atoms with van der Waals surface area (Å²) in [5.74, 6) is -0.531. The highest BCUT2D eigenvalue weighted by Crippen LogP contribution is 2.54. The highest BCUT2D eigenvalue weighted by Gasteiger charge is 2.33. The molecule has 0 amide bonds. The molecule has 0 aliphatic heterocycles. The largest absolute Gasteiger partial charge is 0.505 e. The summed E-state index contributed by atoms with van der Waals surface area (Å²) in [6.45, 7) is 12.0. The van der Waals surface area contributed by atoms with E-state index in [1.807, 2.05) is 6.92 Å². The van der Waals surface area contributed by atoms with Crippen molar-refractivity contribution in [2.24, 2.45) is 10.9 Å². The Morgan fingerprint density at radius 2 is 1.93 bits per heavy atom. The lowest BCUT2D eigenvalue weighted by Crippen LogP contribution is -2.17. The average molecular weight is 372 g/mol. The number of phenols is 3. The predicted octanol–water partition coefficient (Wildman–Crippen LogP) is 6.27. The lowest BCUT2D eigenvalue weighted by Gasteiger charge is -2.32. The Hall–Kier alpha value is -2.23. The molecule has 0 aromatic heterocycles. The Morgan fingerprint density at radius 3 is 2.52 bits per heavy atom. The molecule has 0 spiro atoms. The standard InChI is InChI=1S/C23H33NO3/c1-6-8-9-10-17-20(24-7-2)22(26)19(23(27)21(17)25)18-13-15(5)11-12-16(18)14(3)4/h7,13,16,18,25-27H,3,6,8-12H2,1-2,4-5H3. The van der Waals surface area contributed by atoms with Crippen molar-refractivity contribution < 1.29 is 15.3 Å². The number of hydrogen-bond acceptors (Lipinski definition) is 4. The van der Waals surface area contributed by atoms with Gasteiger partial charge in [0.05, 0.1) is 0 Å². The van der Waals surface area contributed by atoms with Crippen molar-refractivity contribution >= 4 is 11.9 Å². The van der Waals surface area contributed by atoms with Gasteiger partial charge >= 0.3 is 0 Å². The summed E-state index contributed by atoms with van der Waals surface area (Å²) in [5.41, 5.74) is 3.47. The van der Waals surface area contributed by atoms with Crippen LogP contribution in [0.4, 0.5) is 5.69 Å². The van der Waals surface area contributed by atoms with Crippen LogP contribution in [0.15, 0.2) is 28.8 Å². The van der Waals surface area contributed by atoms with E-state index in [1.54, 1.807) is 13.1 Å². The van der Waals surface area contributed by atoms with Crippen LogP contribution >= 0.6 is 0 Å². The first kappa shape index (κ1) is 21.1. The van der Waals surface area contributed by atoms with Crippen molar-refractivity contribution in [3.63, 3.8) is 0 Å². The normalized spacial score (nSPS) is 20.1. The smallest absolute Gasteiger partial charge is 0.165 e. The van der Waals surface area contributed by atoms with Gasteiger partial charge in [0.2, 0.25) is 0 Å². The van der Waals surface area contributed by atoms with Crippen LogP contribution in [0.3, 0.4) is 0 Å². The molecule has 27 heavy (non-hydrogen) atoms. The van der Waals surface area contributed by atoms with Crippen molar-refractivity contribution in [2.75, 3.05) is 0 Å². The fourth-order valence-corrected chi connectivity index (χ4v) is 4.04. The van der Waals surface area contributed by atoms with Crippen LogP contribution in [-0.2, 0) is 6.42 Å². The monoisotopic (exact) mass is 371 g/mol. The molecule has 2 unspecified atom stereocenters. The van der Waals surface area contributed by atoms with Gasteiger partial charge in [-0.15, -0.1) is 0 Å². The Bertz CT molecular complexity index is 762. The number of phenolic OH excluding ortho intramolecular Hbond substituents is 3. The van der Waals surface area contributed by atoms with Gasteiger partial charge < -0.3 is 15.3 Å². The number of benzene rings is 1. The van der Waals surface area contributed by atoms with E-state index < -0.39 is 0 Å². The molecule has 0 saturated carbocycles. The molecule has 1 aromatic rings. The van der Waals surface area contributed by atoms with Gasteiger partial charge in [-0.3, -0.25) is 4.99 Å². The first-order valence-corrected chi connectivity index (χ1v) is 9.94. The van der Waals surface area contributed by atoms with E-state index in [2.05, 4.69) is 31.5 Å². The summed E-state index contributed by atoms with van der Waals surface area (Å²) in [6.07, 6.45) is 9.06. The second kappa shape index (κ2) is 9.12. The van der Waals surface area contributed by atoms with Gasteiger partial charge in [-0.05, 0) is 52.4 Å². The van der Waals surface area contributed by atoms with E-state index in [9.17, 15) is 15.3 Å². The summed E-state index contributed by atoms with van der Waals surface area (Å²) in [5, 5.41) is 32.6. The molecular weight excluding hydrogens is 338 g/mol. The average Bonchev–Trinajstić information content (AvgIpc) is 2.62. The first-order valence-electron chi connectivity index (χ1n) is 9.94. The van der Waals surface area contributed by atoms with Gasteiger partial charge in [0.15, 0.2) is 11.5 Å². The van der Waals surface area contributed by atoms with E-state index in [4.69, 9.17) is 0 Å². The first-order chi connectivity index (χ1) is 12.8. The van der Waals surface area contributed by atoms with Crippen molar-refractivity contribution in [3.8, 4) is 17.2 Å². The molecule has 0 radical (unpaired) electrons. The third kappa shape index (κ3) is 4.37. The molecule has 2 atom stereocenters. The number of hydrogen-bond donors (Lipinski definition) is 3. The van der Waals surface area contributed by atoms with Crippen LogP contribution in [0.1, 0.15) is 76.8 Å². The Kier molecular flexibility index (Phi) is 7.11. The van der Waals surface area contributed by atoms with Gasteiger partial charge in [0, 0.05) is 23.3 Å². The second-order valence-electron chi connectivity index (χ2n) is 7.66. The molecular formula is C23H33NO3. The molecule has 0 saturated heterocycles. The van der Waals surface area contributed by atoms with Crippen molar-refractivity contribution in [2.45, 2.75) is 72.1 Å². The topological polar surface area (TPSA) is 73.0 Å². The molecule has 0 bridgehead atoms. The zero-order valence-corrected chi connectivity index (χ0v) is 17.0. The lowest BCUT2D eigenvalue weighted by molar-refractivity contribution is 0.371. The van der Waals surface area contributed by atoms with Gasteiger partial charge in [-0.25, -0.2) is 0 Å². The van der Waals surface area contributed by atoms with E-state index in [0.29, 0.717) is 23.2 Å². The molecule has 4 heteroatoms. The Balaban J connectivity index is 2.66. The summed E-state index contributed by atoms with van der Waals surface area (Å²) in [7, 11) is 0. The zero-order chi connectivity index (χ0) is 20.1. The molecule has 1 aliphatic rings. The number of unbranched alkanes of at least 4 members (excludes halogenated alkanes) is 2. The van der Waals surface area contributed by atoms with Crippen LogP contribution in [0.25, 0.3) is 0 Å². The number of aliphatic imine (C=N–C) groups is 1. The molecule has 1 aromatic carbocycles. The molecule has 148 valence electrons. The summed E-state index contributed by atoms with van der Waals surface area (Å²) < 4.78 is 0. The van der Waals surface area contributed by atoms with Crippen LogP contribution in [0.5, 0.6) is 17.2 Å². The van der Waals surface area contributed by atoms with Crippen molar-refractivity contribution in [3.05, 3.63) is 34.9 Å². The lowest BCUT2D eigenvalue weighted by atomic mass is 9.73. The van der Waals surface area contributed by atoms with Gasteiger partial charge in [0.1, 0.15) is 11.4 Å². The highest BCUT2D eigenvalue weighted by atomic mass is 16.3. The van der Waals surface area contributed by atoms with Gasteiger partial charge in [-0.1, -0.05) is 43.6 Å². The summed E-state index contributed by atoms with van der Waals surface area (Å²) in [6, 6.07) is 0. The third-order valence-corrected chi connectivity index (χ3v) is 5.53. The van der Waals surface area contributed by atoms with Gasteiger partial charge in [0.25, 0.3) is 0 Å². The number of aromatic hydroxyl groups is 3. The van der Waals surface area contributed by atoms with Crippen LogP contribution < -0.4 is 0 Å². The minimum absolute atomic E-state index is 0.0305. The molecule has 3 N–H and O–H groups in total. The van der Waals surface area contributed by atoms with E-state index in [0.717, 1.165) is 37.7 Å². The number of allylic oxidation sites excluding steroid dienone is 3. The maximum atomic E-state index is 11.1. The highest BCUT2D eigenvalue weighted by molar-refractivity contribution is 5.76. The van der Waals surface area contributed by atoms with Crippen LogP contribution in [0, 0.1) is 5.92 Å². The molecule has 1 aliphatic carbocycles. The third-order valence-electron chi connectivity index (χ3n) is 5.53. The SMILES string of the molecule is C=C(C)C1CCC(C)=CC1c1c(O)c(O)c(CCCCC)c(N=CC)c1O. The summed E-state index contributed by atoms with van der Waals surface area (Å²) in [4.78, 5) is 4.34. The molecule has 2 rings (SSSR count). The van der Waals surface area contributed by atoms with E-state index in [-0.39, 0.29) is 29.1 Å². The Morgan fingerprint density at radius 1 is 1.22 bits per heavy atom. The van der Waals surface area contributed by atoms with Crippen molar-refractivity contribution in [1.82, 2.24) is 0 Å². The fraction of sp³-hybridized carbons (Fsp3) is 0.522. The number of nitrogens with zero attached hydrogens (tertiary/aromatic N) is 1. The maximum Gasteiger partial charge on any atom is 0.165 e. The second-order valence-corrected chi connectivity index (χ2v) is 7.66. The van der Waals surface area contributed by atoms with Crippen molar-refractivity contribution in [1.29, 1.82) is 0 Å². The van der Waals surface area contributed by atoms with Crippen LogP contribution in [-0.4, -0.2) is 21.5 Å². The predicted molar refractivity (Wildman–Crippen MR) is 113 cm³/mol. The van der Waals surface area contributed by atoms with Crippen LogP contribution in [0.2, 0.25) is 0 Å². The number of rotatable bonds is 7. The Labute approximate surface area is 163 Å². The maximum absolute atomic E-state index is 11.1. The zero-order valence-electron chi connectivity index (χ0n) is 17.0. The van der Waals surface area contributed by atoms with E-state index in [1.165, 1.54) is 5.57 Å². The summed E-state index contributed by atoms with van der Waals surface area (Å²) >= 11 is 0. The minimum Gasteiger partial charge on any atom is -0.505 e. The van der Waals surface area contributed by atoms with E-state index >= 15 is 0 Å². The minimum atomic E-state index is -0.226. The quantitative estimate of drug-likeness (QED) is 0.174. The molecule has 4 nitrogen and oxygen atoms in total. The molecule has 0 fully saturated rings.